The lowest BCUT2D eigenvalue weighted by Crippen LogP contribution is -2.16. The van der Waals surface area contributed by atoms with E-state index in [9.17, 15) is 0 Å². The van der Waals surface area contributed by atoms with Crippen molar-refractivity contribution in [3.63, 3.8) is 0 Å². The van der Waals surface area contributed by atoms with Gasteiger partial charge in [-0.3, -0.25) is 4.98 Å². The van der Waals surface area contributed by atoms with Crippen LogP contribution in [0.4, 0.5) is 0 Å². The molecule has 0 aliphatic carbocycles. The van der Waals surface area contributed by atoms with Gasteiger partial charge in [0.1, 0.15) is 10.8 Å². The number of thiazole rings is 1. The number of rotatable bonds is 6. The predicted octanol–water partition coefficient (Wildman–Crippen LogP) is 3.89. The summed E-state index contributed by atoms with van der Waals surface area (Å²) >= 11 is 4.95. The van der Waals surface area contributed by atoms with Gasteiger partial charge in [0.25, 0.3) is 0 Å². The predicted molar refractivity (Wildman–Crippen MR) is 87.2 cm³/mol. The smallest absolute Gasteiger partial charge is 0.169 e. The molecule has 1 N–H and O–H groups in total. The van der Waals surface area contributed by atoms with Gasteiger partial charge in [-0.2, -0.15) is 0 Å². The molecule has 3 aromatic rings. The molecular formula is C15H14BrN3OS. The van der Waals surface area contributed by atoms with E-state index < -0.39 is 0 Å². The summed E-state index contributed by atoms with van der Waals surface area (Å²) in [5, 5.41) is 4.44. The van der Waals surface area contributed by atoms with Crippen LogP contribution in [0.3, 0.4) is 0 Å². The van der Waals surface area contributed by atoms with Crippen LogP contribution in [-0.4, -0.2) is 16.5 Å². The molecule has 0 unspecified atom stereocenters. The molecule has 3 heterocycles. The molecule has 0 saturated carbocycles. The minimum atomic E-state index is 0.737. The minimum Gasteiger partial charge on any atom is -0.448 e. The van der Waals surface area contributed by atoms with E-state index in [2.05, 4.69) is 31.2 Å². The van der Waals surface area contributed by atoms with Crippen molar-refractivity contribution < 1.29 is 4.42 Å². The maximum atomic E-state index is 5.52. The summed E-state index contributed by atoms with van der Waals surface area (Å²) < 4.78 is 6.26. The zero-order valence-corrected chi connectivity index (χ0v) is 13.7. The van der Waals surface area contributed by atoms with Gasteiger partial charge in [-0.05, 0) is 40.2 Å². The van der Waals surface area contributed by atoms with E-state index in [1.165, 1.54) is 0 Å². The van der Waals surface area contributed by atoms with Gasteiger partial charge in [0.15, 0.2) is 4.67 Å². The Labute approximate surface area is 135 Å². The van der Waals surface area contributed by atoms with Crippen LogP contribution in [0, 0.1) is 0 Å². The zero-order chi connectivity index (χ0) is 14.5. The summed E-state index contributed by atoms with van der Waals surface area (Å²) in [5.74, 6) is 0.846. The first-order chi connectivity index (χ1) is 10.3. The van der Waals surface area contributed by atoms with Crippen molar-refractivity contribution in [3.8, 4) is 10.6 Å². The van der Waals surface area contributed by atoms with Crippen molar-refractivity contribution in [3.05, 3.63) is 58.1 Å². The number of pyridine rings is 1. The lowest BCUT2D eigenvalue weighted by Gasteiger charge is -2.01. The Hall–Kier alpha value is -1.50. The molecule has 0 aliphatic rings. The number of nitrogens with one attached hydrogen (secondary N) is 1. The van der Waals surface area contributed by atoms with Crippen LogP contribution in [0.15, 0.2) is 51.8 Å². The fourth-order valence-electron chi connectivity index (χ4n) is 1.91. The number of halogens is 1. The minimum absolute atomic E-state index is 0.737. The SMILES string of the molecule is Brc1ccc(-c2cnc(CNCCc3ccccn3)s2)o1. The van der Waals surface area contributed by atoms with E-state index in [0.29, 0.717) is 0 Å². The summed E-state index contributed by atoms with van der Waals surface area (Å²) in [6.07, 6.45) is 4.60. The second kappa shape index (κ2) is 6.98. The van der Waals surface area contributed by atoms with Gasteiger partial charge in [0.2, 0.25) is 0 Å². The maximum absolute atomic E-state index is 5.52. The molecule has 21 heavy (non-hydrogen) atoms. The van der Waals surface area contributed by atoms with Crippen LogP contribution >= 0.6 is 27.3 Å². The first kappa shape index (κ1) is 14.4. The van der Waals surface area contributed by atoms with Gasteiger partial charge >= 0.3 is 0 Å². The monoisotopic (exact) mass is 363 g/mol. The van der Waals surface area contributed by atoms with Gasteiger partial charge in [-0.15, -0.1) is 11.3 Å². The molecule has 108 valence electrons. The van der Waals surface area contributed by atoms with E-state index >= 15 is 0 Å². The highest BCUT2D eigenvalue weighted by Crippen LogP contribution is 2.29. The van der Waals surface area contributed by atoms with E-state index in [0.717, 1.165) is 45.5 Å². The van der Waals surface area contributed by atoms with Crippen LogP contribution in [0.5, 0.6) is 0 Å². The second-order valence-electron chi connectivity index (χ2n) is 4.47. The second-order valence-corrected chi connectivity index (χ2v) is 6.37. The Morgan fingerprint density at radius 1 is 1.19 bits per heavy atom. The zero-order valence-electron chi connectivity index (χ0n) is 11.3. The normalized spacial score (nSPS) is 10.9. The number of nitrogens with zero attached hydrogens (tertiary/aromatic N) is 2. The van der Waals surface area contributed by atoms with E-state index in [-0.39, 0.29) is 0 Å². The number of hydrogen-bond donors (Lipinski definition) is 1. The van der Waals surface area contributed by atoms with Gasteiger partial charge in [-0.25, -0.2) is 4.98 Å². The highest BCUT2D eigenvalue weighted by molar-refractivity contribution is 9.10. The largest absolute Gasteiger partial charge is 0.448 e. The van der Waals surface area contributed by atoms with Crippen molar-refractivity contribution in [2.75, 3.05) is 6.54 Å². The first-order valence-electron chi connectivity index (χ1n) is 6.62. The average molecular weight is 364 g/mol. The molecule has 0 atom stereocenters. The Morgan fingerprint density at radius 2 is 2.14 bits per heavy atom. The number of aromatic nitrogens is 2. The van der Waals surface area contributed by atoms with Crippen molar-refractivity contribution >= 4 is 27.3 Å². The lowest BCUT2D eigenvalue weighted by atomic mass is 10.3. The van der Waals surface area contributed by atoms with Crippen LogP contribution < -0.4 is 5.32 Å². The molecule has 4 nitrogen and oxygen atoms in total. The Balaban J connectivity index is 1.49. The molecular weight excluding hydrogens is 350 g/mol. The van der Waals surface area contributed by atoms with Gasteiger partial charge in [0, 0.05) is 37.6 Å². The lowest BCUT2D eigenvalue weighted by molar-refractivity contribution is 0.557. The molecule has 0 aliphatic heterocycles. The third kappa shape index (κ3) is 4.00. The molecule has 0 bridgehead atoms. The van der Waals surface area contributed by atoms with Gasteiger partial charge < -0.3 is 9.73 Å². The highest BCUT2D eigenvalue weighted by atomic mass is 79.9. The third-order valence-electron chi connectivity index (χ3n) is 2.93. The van der Waals surface area contributed by atoms with Crippen molar-refractivity contribution in [1.82, 2.24) is 15.3 Å². The number of furan rings is 1. The summed E-state index contributed by atoms with van der Waals surface area (Å²) in [6.45, 7) is 1.65. The van der Waals surface area contributed by atoms with Gasteiger partial charge in [0.05, 0.1) is 4.88 Å². The summed E-state index contributed by atoms with van der Waals surface area (Å²) in [7, 11) is 0. The third-order valence-corrected chi connectivity index (χ3v) is 4.37. The fourth-order valence-corrected chi connectivity index (χ4v) is 3.07. The molecule has 6 heteroatoms. The van der Waals surface area contributed by atoms with E-state index in [1.807, 2.05) is 42.7 Å². The molecule has 3 rings (SSSR count). The summed E-state index contributed by atoms with van der Waals surface area (Å²) in [4.78, 5) is 9.75. The molecule has 3 aromatic heterocycles. The van der Waals surface area contributed by atoms with Gasteiger partial charge in [-0.1, -0.05) is 6.07 Å². The van der Waals surface area contributed by atoms with E-state index in [4.69, 9.17) is 4.42 Å². The summed E-state index contributed by atoms with van der Waals surface area (Å²) in [5.41, 5.74) is 1.10. The molecule has 0 fully saturated rings. The van der Waals surface area contributed by atoms with Crippen LogP contribution in [0.25, 0.3) is 10.6 Å². The van der Waals surface area contributed by atoms with Crippen LogP contribution in [-0.2, 0) is 13.0 Å². The maximum Gasteiger partial charge on any atom is 0.169 e. The fraction of sp³-hybridized carbons (Fsp3) is 0.200. The number of hydrogen-bond acceptors (Lipinski definition) is 5. The molecule has 0 spiro atoms. The molecule has 0 amide bonds. The molecule has 0 saturated heterocycles. The molecule has 0 aromatic carbocycles. The van der Waals surface area contributed by atoms with Crippen molar-refractivity contribution in [2.24, 2.45) is 0 Å². The van der Waals surface area contributed by atoms with Crippen molar-refractivity contribution in [2.45, 2.75) is 13.0 Å². The Bertz CT molecular complexity index is 696. The first-order valence-corrected chi connectivity index (χ1v) is 8.23. The topological polar surface area (TPSA) is 51.0 Å². The van der Waals surface area contributed by atoms with Crippen LogP contribution in [0.1, 0.15) is 10.7 Å². The highest BCUT2D eigenvalue weighted by Gasteiger charge is 2.08. The Kier molecular flexibility index (Phi) is 4.80. The Morgan fingerprint density at radius 3 is 2.90 bits per heavy atom. The average Bonchev–Trinajstić information content (AvgIpc) is 3.13. The van der Waals surface area contributed by atoms with Crippen molar-refractivity contribution in [1.29, 1.82) is 0 Å². The summed E-state index contributed by atoms with van der Waals surface area (Å²) in [6, 6.07) is 9.81. The van der Waals surface area contributed by atoms with Crippen LogP contribution in [0.2, 0.25) is 0 Å². The standard InChI is InChI=1S/C15H14BrN3OS/c16-14-5-4-12(20-14)13-9-19-15(21-13)10-17-8-6-11-3-1-2-7-18-11/h1-5,7,9,17H,6,8,10H2. The van der Waals surface area contributed by atoms with E-state index in [1.54, 1.807) is 11.3 Å². The quantitative estimate of drug-likeness (QED) is 0.674. The molecule has 0 radical (unpaired) electrons.